The van der Waals surface area contributed by atoms with Crippen LogP contribution < -0.4 is 0 Å². The Labute approximate surface area is 176 Å². The Kier molecular flexibility index (Phi) is 7.46. The molecule has 27 heavy (non-hydrogen) atoms. The summed E-state index contributed by atoms with van der Waals surface area (Å²) in [5.41, 5.74) is 3.69. The Morgan fingerprint density at radius 2 is 1.81 bits per heavy atom. The summed E-state index contributed by atoms with van der Waals surface area (Å²) in [7, 11) is 0. The fourth-order valence-electron chi connectivity index (χ4n) is 3.56. The zero-order valence-corrected chi connectivity index (χ0v) is 17.7. The Bertz CT molecular complexity index is 800. The molecule has 2 aromatic rings. The summed E-state index contributed by atoms with van der Waals surface area (Å²) in [6, 6.07) is 12.2. The van der Waals surface area contributed by atoms with Crippen LogP contribution in [0.5, 0.6) is 0 Å². The molecule has 2 atom stereocenters. The maximum absolute atomic E-state index is 6.28. The quantitative estimate of drug-likeness (QED) is 0.348. The van der Waals surface area contributed by atoms with Gasteiger partial charge in [-0.15, -0.1) is 0 Å². The predicted octanol–water partition coefficient (Wildman–Crippen LogP) is 8.05. The fraction of sp³-hybridized carbons (Fsp3) is 0.409. The molecule has 1 saturated heterocycles. The van der Waals surface area contributed by atoms with Crippen LogP contribution in [0.1, 0.15) is 50.7 Å². The molecule has 0 aliphatic carbocycles. The normalized spacial score (nSPS) is 19.5. The van der Waals surface area contributed by atoms with Crippen molar-refractivity contribution < 1.29 is 4.74 Å². The molecule has 1 aliphatic heterocycles. The van der Waals surface area contributed by atoms with E-state index in [0.29, 0.717) is 15.7 Å². The van der Waals surface area contributed by atoms with Crippen LogP contribution in [-0.2, 0) is 4.74 Å². The van der Waals surface area contributed by atoms with E-state index in [0.717, 1.165) is 30.1 Å². The lowest BCUT2D eigenvalue weighted by atomic mass is 9.91. The topological polar surface area (TPSA) is 21.6 Å². The van der Waals surface area contributed by atoms with Gasteiger partial charge in [0.1, 0.15) is 5.69 Å². The molecule has 1 heterocycles. The van der Waals surface area contributed by atoms with Gasteiger partial charge in [0, 0.05) is 0 Å². The van der Waals surface area contributed by atoms with Gasteiger partial charge in [-0.05, 0) is 66.2 Å². The van der Waals surface area contributed by atoms with Crippen LogP contribution in [0.15, 0.2) is 41.4 Å². The smallest absolute Gasteiger partial charge is 0.111 e. The molecule has 1 unspecified atom stereocenters. The number of isothiocyanates is 1. The Morgan fingerprint density at radius 3 is 2.37 bits per heavy atom. The maximum atomic E-state index is 6.28. The van der Waals surface area contributed by atoms with Crippen LogP contribution in [0.4, 0.5) is 5.69 Å². The maximum Gasteiger partial charge on any atom is 0.111 e. The molecule has 0 amide bonds. The molecule has 0 spiro atoms. The number of halogens is 2. The van der Waals surface area contributed by atoms with Gasteiger partial charge in [0.15, 0.2) is 0 Å². The summed E-state index contributed by atoms with van der Waals surface area (Å²) >= 11 is 17.2. The zero-order valence-electron chi connectivity index (χ0n) is 15.4. The molecule has 0 N–H and O–H groups in total. The van der Waals surface area contributed by atoms with Crippen molar-refractivity contribution in [2.45, 2.75) is 45.1 Å². The molecule has 1 fully saturated rings. The zero-order chi connectivity index (χ0) is 19.2. The first-order valence-corrected chi connectivity index (χ1v) is 10.6. The van der Waals surface area contributed by atoms with Gasteiger partial charge in [-0.25, -0.2) is 0 Å². The van der Waals surface area contributed by atoms with Crippen molar-refractivity contribution >= 4 is 46.3 Å². The highest BCUT2D eigenvalue weighted by atomic mass is 35.5. The van der Waals surface area contributed by atoms with E-state index in [2.05, 4.69) is 53.6 Å². The number of hydrogen-bond donors (Lipinski definition) is 0. The average Bonchev–Trinajstić information content (AvgIpc) is 2.69. The highest BCUT2D eigenvalue weighted by Crippen LogP contribution is 2.38. The molecule has 0 aromatic heterocycles. The van der Waals surface area contributed by atoms with Gasteiger partial charge in [-0.3, -0.25) is 0 Å². The average molecular weight is 420 g/mol. The molecule has 0 radical (unpaired) electrons. The number of hydrogen-bond acceptors (Lipinski definition) is 3. The first kappa shape index (κ1) is 20.5. The van der Waals surface area contributed by atoms with E-state index in [1.807, 2.05) is 12.1 Å². The second-order valence-electron chi connectivity index (χ2n) is 7.02. The summed E-state index contributed by atoms with van der Waals surface area (Å²) in [6.07, 6.45) is 6.38. The second-order valence-corrected chi connectivity index (χ2v) is 8.02. The van der Waals surface area contributed by atoms with Crippen LogP contribution in [-0.4, -0.2) is 11.8 Å². The molecule has 0 bridgehead atoms. The molecule has 142 valence electrons. The van der Waals surface area contributed by atoms with Gasteiger partial charge in [0.2, 0.25) is 0 Å². The summed E-state index contributed by atoms with van der Waals surface area (Å²) in [4.78, 5) is 3.92. The van der Waals surface area contributed by atoms with Gasteiger partial charge in [-0.1, -0.05) is 67.2 Å². The van der Waals surface area contributed by atoms with Crippen molar-refractivity contribution in [1.82, 2.24) is 0 Å². The predicted molar refractivity (Wildman–Crippen MR) is 118 cm³/mol. The number of benzene rings is 2. The second kappa shape index (κ2) is 9.82. The summed E-state index contributed by atoms with van der Waals surface area (Å²) in [6.45, 7) is 3.12. The lowest BCUT2D eigenvalue weighted by Crippen LogP contribution is -2.20. The van der Waals surface area contributed by atoms with Crippen LogP contribution in [0.3, 0.4) is 0 Å². The van der Waals surface area contributed by atoms with Gasteiger partial charge in [0.05, 0.1) is 27.9 Å². The number of rotatable bonds is 6. The fourth-order valence-corrected chi connectivity index (χ4v) is 4.23. The number of ether oxygens (including phenoxy) is 1. The third-order valence-corrected chi connectivity index (χ3v) is 5.79. The van der Waals surface area contributed by atoms with Gasteiger partial charge < -0.3 is 4.74 Å². The van der Waals surface area contributed by atoms with Crippen molar-refractivity contribution in [2.75, 3.05) is 6.61 Å². The van der Waals surface area contributed by atoms with E-state index in [1.165, 1.54) is 31.2 Å². The Balaban J connectivity index is 1.70. The lowest BCUT2D eigenvalue weighted by molar-refractivity contribution is -0.0197. The van der Waals surface area contributed by atoms with E-state index in [1.54, 1.807) is 0 Å². The van der Waals surface area contributed by atoms with Crippen LogP contribution in [0.2, 0.25) is 10.0 Å². The molecule has 1 aliphatic rings. The molecule has 3 rings (SSSR count). The number of aliphatic imine (C=N–C) groups is 1. The first-order valence-electron chi connectivity index (χ1n) is 9.41. The lowest BCUT2D eigenvalue weighted by Gasteiger charge is -2.29. The number of nitrogens with zero attached hydrogens (tertiary/aromatic N) is 1. The molecular formula is C22H23Cl2NOS. The standard InChI is InChI=1S/C22H23Cl2NOS/c1-2-3-4-15-5-10-21(26-13-15)17-8-6-16(7-9-17)18-11-19(23)22(25-14-27)20(24)12-18/h6-9,11-12,15,21H,2-5,10,13H2,1H3/t15?,21-/m0/s1. The third kappa shape index (κ3) is 5.19. The van der Waals surface area contributed by atoms with Gasteiger partial charge in [-0.2, -0.15) is 4.99 Å². The molecule has 2 aromatic carbocycles. The van der Waals surface area contributed by atoms with E-state index < -0.39 is 0 Å². The van der Waals surface area contributed by atoms with Crippen molar-refractivity contribution in [3.8, 4) is 11.1 Å². The Morgan fingerprint density at radius 1 is 1.11 bits per heavy atom. The van der Waals surface area contributed by atoms with E-state index >= 15 is 0 Å². The minimum absolute atomic E-state index is 0.198. The van der Waals surface area contributed by atoms with Crippen molar-refractivity contribution in [1.29, 1.82) is 0 Å². The van der Waals surface area contributed by atoms with Crippen molar-refractivity contribution in [3.05, 3.63) is 52.0 Å². The molecular weight excluding hydrogens is 397 g/mol. The van der Waals surface area contributed by atoms with E-state index in [9.17, 15) is 0 Å². The summed E-state index contributed by atoms with van der Waals surface area (Å²) in [5.74, 6) is 0.721. The van der Waals surface area contributed by atoms with Gasteiger partial charge in [0.25, 0.3) is 0 Å². The van der Waals surface area contributed by atoms with Crippen LogP contribution in [0, 0.1) is 5.92 Å². The molecule has 2 nitrogen and oxygen atoms in total. The highest BCUT2D eigenvalue weighted by Gasteiger charge is 2.22. The Hall–Kier alpha value is -1.22. The highest BCUT2D eigenvalue weighted by molar-refractivity contribution is 7.78. The van der Waals surface area contributed by atoms with Crippen molar-refractivity contribution in [2.24, 2.45) is 10.9 Å². The van der Waals surface area contributed by atoms with Crippen LogP contribution in [0.25, 0.3) is 11.1 Å². The minimum Gasteiger partial charge on any atom is -0.373 e. The number of unbranched alkanes of at least 4 members (excludes halogenated alkanes) is 1. The summed E-state index contributed by atoms with van der Waals surface area (Å²) < 4.78 is 6.13. The minimum atomic E-state index is 0.198. The van der Waals surface area contributed by atoms with Crippen molar-refractivity contribution in [3.63, 3.8) is 0 Å². The molecule has 0 saturated carbocycles. The van der Waals surface area contributed by atoms with E-state index in [-0.39, 0.29) is 6.10 Å². The number of thiocarbonyl (C=S) groups is 1. The SMILES string of the molecule is CCCCC1CC[C@@H](c2ccc(-c3cc(Cl)c(N=C=S)c(Cl)c3)cc2)OC1. The monoisotopic (exact) mass is 419 g/mol. The largest absolute Gasteiger partial charge is 0.373 e. The third-order valence-electron chi connectivity index (χ3n) is 5.13. The first-order chi connectivity index (χ1) is 13.1. The summed E-state index contributed by atoms with van der Waals surface area (Å²) in [5, 5.41) is 3.24. The molecule has 5 heteroatoms. The van der Waals surface area contributed by atoms with Gasteiger partial charge >= 0.3 is 0 Å². The van der Waals surface area contributed by atoms with E-state index in [4.69, 9.17) is 27.9 Å². The van der Waals surface area contributed by atoms with Crippen LogP contribution >= 0.6 is 35.4 Å².